The van der Waals surface area contributed by atoms with Crippen molar-refractivity contribution in [3.63, 3.8) is 0 Å². The van der Waals surface area contributed by atoms with Crippen LogP contribution in [-0.2, 0) is 0 Å². The van der Waals surface area contributed by atoms with Crippen molar-refractivity contribution >= 4 is 38.9 Å². The number of benzene rings is 6. The molecule has 8 aromatic rings. The Balaban J connectivity index is 1.15. The van der Waals surface area contributed by atoms with E-state index in [9.17, 15) is 0 Å². The molecule has 2 heterocycles. The smallest absolute Gasteiger partial charge is 0.248 e. The first-order valence-corrected chi connectivity index (χ1v) is 15.1. The summed E-state index contributed by atoms with van der Waals surface area (Å²) in [7, 11) is 0. The number of anilines is 3. The van der Waals surface area contributed by atoms with E-state index in [2.05, 4.69) is 161 Å². The fraction of sp³-hybridized carbons (Fsp3) is 0.0500. The fourth-order valence-corrected chi connectivity index (χ4v) is 6.14. The van der Waals surface area contributed by atoms with Crippen LogP contribution in [0.25, 0.3) is 50.4 Å². The summed E-state index contributed by atoms with van der Waals surface area (Å²) in [6, 6.07) is 50.9. The maximum absolute atomic E-state index is 6.13. The predicted octanol–water partition coefficient (Wildman–Crippen LogP) is 10.6. The van der Waals surface area contributed by atoms with Gasteiger partial charge in [0.1, 0.15) is 0 Å². The zero-order valence-electron chi connectivity index (χ0n) is 25.1. The molecule has 0 bridgehead atoms. The number of para-hydroxylation sites is 3. The van der Waals surface area contributed by atoms with E-state index in [1.165, 1.54) is 21.8 Å². The molecule has 0 saturated heterocycles. The SMILES string of the molecule is Cc1ccc(C)c(-c2nnc(-c3ccc(N(c4ccccc4)c4ccc(-n5c6ccccc6c6ccccc65)cc4)cc3)o2)c1. The van der Waals surface area contributed by atoms with E-state index in [1.54, 1.807) is 0 Å². The van der Waals surface area contributed by atoms with E-state index >= 15 is 0 Å². The third-order valence-electron chi connectivity index (χ3n) is 8.38. The number of fused-ring (bicyclic) bond motifs is 3. The van der Waals surface area contributed by atoms with Gasteiger partial charge < -0.3 is 13.9 Å². The quantitative estimate of drug-likeness (QED) is 0.196. The van der Waals surface area contributed by atoms with Gasteiger partial charge in [-0.3, -0.25) is 0 Å². The number of hydrogen-bond acceptors (Lipinski definition) is 4. The highest BCUT2D eigenvalue weighted by molar-refractivity contribution is 6.09. The lowest BCUT2D eigenvalue weighted by Gasteiger charge is -2.26. The second-order valence-corrected chi connectivity index (χ2v) is 11.3. The van der Waals surface area contributed by atoms with E-state index in [4.69, 9.17) is 4.42 Å². The first-order chi connectivity index (χ1) is 22.1. The lowest BCUT2D eigenvalue weighted by molar-refractivity contribution is 0.584. The summed E-state index contributed by atoms with van der Waals surface area (Å²) in [6.45, 7) is 4.12. The molecular formula is C40H30N4O. The molecule has 0 aliphatic rings. The molecule has 0 unspecified atom stereocenters. The van der Waals surface area contributed by atoms with Gasteiger partial charge in [-0.25, -0.2) is 0 Å². The number of rotatable bonds is 6. The summed E-state index contributed by atoms with van der Waals surface area (Å²) >= 11 is 0. The van der Waals surface area contributed by atoms with Crippen LogP contribution in [0, 0.1) is 13.8 Å². The molecule has 0 saturated carbocycles. The Labute approximate surface area is 261 Å². The highest BCUT2D eigenvalue weighted by atomic mass is 16.4. The van der Waals surface area contributed by atoms with Crippen LogP contribution < -0.4 is 4.90 Å². The molecule has 0 spiro atoms. The minimum Gasteiger partial charge on any atom is -0.416 e. The number of aryl methyl sites for hydroxylation is 2. The maximum atomic E-state index is 6.13. The summed E-state index contributed by atoms with van der Waals surface area (Å²) in [6.07, 6.45) is 0. The van der Waals surface area contributed by atoms with Gasteiger partial charge in [0, 0.05) is 44.6 Å². The van der Waals surface area contributed by atoms with Crippen molar-refractivity contribution in [2.75, 3.05) is 4.90 Å². The maximum Gasteiger partial charge on any atom is 0.248 e. The van der Waals surface area contributed by atoms with Gasteiger partial charge in [0.25, 0.3) is 0 Å². The monoisotopic (exact) mass is 582 g/mol. The molecule has 0 amide bonds. The van der Waals surface area contributed by atoms with Gasteiger partial charge in [0.05, 0.1) is 11.0 Å². The van der Waals surface area contributed by atoms with Crippen molar-refractivity contribution in [1.82, 2.24) is 14.8 Å². The number of aromatic nitrogens is 3. The summed E-state index contributed by atoms with van der Waals surface area (Å²) in [4.78, 5) is 2.26. The first kappa shape index (κ1) is 26.7. The molecule has 5 nitrogen and oxygen atoms in total. The van der Waals surface area contributed by atoms with Gasteiger partial charge in [-0.1, -0.05) is 72.3 Å². The molecule has 45 heavy (non-hydrogen) atoms. The number of nitrogens with zero attached hydrogens (tertiary/aromatic N) is 4. The molecule has 0 radical (unpaired) electrons. The predicted molar refractivity (Wildman–Crippen MR) is 184 cm³/mol. The lowest BCUT2D eigenvalue weighted by atomic mass is 10.1. The van der Waals surface area contributed by atoms with Gasteiger partial charge in [-0.05, 0) is 98.3 Å². The topological polar surface area (TPSA) is 47.1 Å². The van der Waals surface area contributed by atoms with Crippen LogP contribution in [0.4, 0.5) is 17.1 Å². The standard InChI is InChI=1S/C40H30N4O/c1-27-16-17-28(2)36(26-27)40-42-41-39(45-40)29-18-20-31(21-19-29)43(30-10-4-3-5-11-30)32-22-24-33(25-23-32)44-37-14-8-6-12-34(37)35-13-7-9-15-38(35)44/h3-26H,1-2H3. The van der Waals surface area contributed by atoms with Crippen molar-refractivity contribution in [3.05, 3.63) is 157 Å². The van der Waals surface area contributed by atoms with Crippen LogP contribution in [0.15, 0.2) is 150 Å². The molecular weight excluding hydrogens is 552 g/mol. The fourth-order valence-electron chi connectivity index (χ4n) is 6.14. The third-order valence-corrected chi connectivity index (χ3v) is 8.38. The van der Waals surface area contributed by atoms with Crippen molar-refractivity contribution < 1.29 is 4.42 Å². The van der Waals surface area contributed by atoms with Crippen LogP contribution in [0.1, 0.15) is 11.1 Å². The molecule has 0 fully saturated rings. The van der Waals surface area contributed by atoms with Crippen molar-refractivity contribution in [2.45, 2.75) is 13.8 Å². The molecule has 216 valence electrons. The van der Waals surface area contributed by atoms with Crippen molar-refractivity contribution in [1.29, 1.82) is 0 Å². The normalized spacial score (nSPS) is 11.3. The summed E-state index contributed by atoms with van der Waals surface area (Å²) in [5.41, 5.74) is 10.8. The minimum absolute atomic E-state index is 0.499. The molecule has 0 atom stereocenters. The highest BCUT2D eigenvalue weighted by Crippen LogP contribution is 2.37. The Bertz CT molecular complexity index is 2230. The van der Waals surface area contributed by atoms with Crippen molar-refractivity contribution in [2.24, 2.45) is 0 Å². The van der Waals surface area contributed by atoms with Crippen LogP contribution in [-0.4, -0.2) is 14.8 Å². The van der Waals surface area contributed by atoms with Crippen molar-refractivity contribution in [3.8, 4) is 28.6 Å². The van der Waals surface area contributed by atoms with Gasteiger partial charge in [-0.15, -0.1) is 10.2 Å². The van der Waals surface area contributed by atoms with E-state index in [1.807, 2.05) is 18.2 Å². The molecule has 6 aromatic carbocycles. The third kappa shape index (κ3) is 4.75. The Hall–Kier alpha value is -5.94. The zero-order valence-corrected chi connectivity index (χ0v) is 25.1. The molecule has 5 heteroatoms. The second kappa shape index (κ2) is 11.0. The average Bonchev–Trinajstić information content (AvgIpc) is 3.71. The van der Waals surface area contributed by atoms with E-state index in [0.29, 0.717) is 11.8 Å². The average molecular weight is 583 g/mol. The van der Waals surface area contributed by atoms with Gasteiger partial charge in [-0.2, -0.15) is 0 Å². The van der Waals surface area contributed by atoms with E-state index in [-0.39, 0.29) is 0 Å². The van der Waals surface area contributed by atoms with Gasteiger partial charge >= 0.3 is 0 Å². The Morgan fingerprint density at radius 2 is 1.09 bits per heavy atom. The van der Waals surface area contributed by atoms with Crippen LogP contribution in [0.3, 0.4) is 0 Å². The Morgan fingerprint density at radius 1 is 0.533 bits per heavy atom. The lowest BCUT2D eigenvalue weighted by Crippen LogP contribution is -2.10. The highest BCUT2D eigenvalue weighted by Gasteiger charge is 2.17. The zero-order chi connectivity index (χ0) is 30.3. The molecule has 0 aliphatic heterocycles. The molecule has 8 rings (SSSR count). The molecule has 2 aromatic heterocycles. The van der Waals surface area contributed by atoms with Gasteiger partial charge in [0.15, 0.2) is 0 Å². The van der Waals surface area contributed by atoms with Gasteiger partial charge in [0.2, 0.25) is 11.8 Å². The summed E-state index contributed by atoms with van der Waals surface area (Å²) < 4.78 is 8.47. The van der Waals surface area contributed by atoms with E-state index < -0.39 is 0 Å². The molecule has 0 N–H and O–H groups in total. The van der Waals surface area contributed by atoms with Crippen LogP contribution in [0.5, 0.6) is 0 Å². The largest absolute Gasteiger partial charge is 0.416 e. The van der Waals surface area contributed by atoms with E-state index in [0.717, 1.165) is 45.0 Å². The first-order valence-electron chi connectivity index (χ1n) is 15.1. The summed E-state index contributed by atoms with van der Waals surface area (Å²) in [5, 5.41) is 11.2. The summed E-state index contributed by atoms with van der Waals surface area (Å²) in [5.74, 6) is 1.03. The van der Waals surface area contributed by atoms with Crippen LogP contribution in [0.2, 0.25) is 0 Å². The second-order valence-electron chi connectivity index (χ2n) is 11.3. The van der Waals surface area contributed by atoms with Crippen LogP contribution >= 0.6 is 0 Å². The Kier molecular flexibility index (Phi) is 6.50. The minimum atomic E-state index is 0.499. The Morgan fingerprint density at radius 3 is 1.76 bits per heavy atom. The molecule has 0 aliphatic carbocycles. The number of hydrogen-bond donors (Lipinski definition) is 0.